The van der Waals surface area contributed by atoms with Gasteiger partial charge in [-0.25, -0.2) is 4.79 Å². The Morgan fingerprint density at radius 1 is 0.971 bits per heavy atom. The first kappa shape index (κ1) is 25.3. The lowest BCUT2D eigenvalue weighted by molar-refractivity contribution is -0.142. The van der Waals surface area contributed by atoms with Gasteiger partial charge in [-0.2, -0.15) is 11.8 Å². The number of aliphatic carboxylic acids is 1. The molecule has 0 saturated heterocycles. The smallest absolute Gasteiger partial charge is 0.326 e. The normalized spacial score (nSPS) is 13.7. The van der Waals surface area contributed by atoms with Crippen LogP contribution >= 0.6 is 11.8 Å². The van der Waals surface area contributed by atoms with Crippen molar-refractivity contribution in [3.63, 3.8) is 0 Å². The van der Waals surface area contributed by atoms with E-state index in [0.717, 1.165) is 22.0 Å². The molecule has 6 N–H and O–H groups in total. The van der Waals surface area contributed by atoms with Crippen molar-refractivity contribution in [2.45, 2.75) is 37.4 Å². The first-order valence-corrected chi connectivity index (χ1v) is 12.5. The van der Waals surface area contributed by atoms with Gasteiger partial charge < -0.3 is 26.5 Å². The Balaban J connectivity index is 1.65. The fourth-order valence-electron chi connectivity index (χ4n) is 3.74. The summed E-state index contributed by atoms with van der Waals surface area (Å²) in [7, 11) is 0. The number of carboxylic acids is 1. The molecule has 0 saturated carbocycles. The number of benzene rings is 2. The van der Waals surface area contributed by atoms with Gasteiger partial charge in [0.25, 0.3) is 0 Å². The molecule has 0 fully saturated rings. The third kappa shape index (κ3) is 6.85. The highest BCUT2D eigenvalue weighted by Crippen LogP contribution is 2.19. The van der Waals surface area contributed by atoms with E-state index in [2.05, 4.69) is 15.6 Å². The molecule has 0 aliphatic rings. The maximum Gasteiger partial charge on any atom is 0.326 e. The number of fused-ring (bicyclic) bond motifs is 1. The van der Waals surface area contributed by atoms with E-state index in [-0.39, 0.29) is 6.42 Å². The molecule has 1 heterocycles. The minimum Gasteiger partial charge on any atom is -0.480 e. The largest absolute Gasteiger partial charge is 0.480 e. The number of para-hydroxylation sites is 1. The summed E-state index contributed by atoms with van der Waals surface area (Å²) in [5.74, 6) is -1.51. The molecule has 3 aromatic rings. The standard InChI is InChI=1S/C25H30N4O4S/c1-34-12-11-21(24(31)29-22(25(32)33)13-16-7-3-2-4-8-16)28-23(30)19(26)14-17-15-27-20-10-6-5-9-18(17)20/h2-10,15,19,21-22,27H,11-14,26H2,1H3,(H,28,30)(H,29,31)(H,32,33). The second kappa shape index (κ2) is 12.2. The number of hydrogen-bond donors (Lipinski definition) is 5. The molecule has 8 nitrogen and oxygen atoms in total. The first-order chi connectivity index (χ1) is 16.4. The van der Waals surface area contributed by atoms with E-state index in [1.54, 1.807) is 12.1 Å². The van der Waals surface area contributed by atoms with Crippen molar-refractivity contribution in [3.05, 3.63) is 71.9 Å². The van der Waals surface area contributed by atoms with Crippen molar-refractivity contribution in [3.8, 4) is 0 Å². The number of aromatic amines is 1. The van der Waals surface area contributed by atoms with Gasteiger partial charge in [-0.3, -0.25) is 9.59 Å². The number of amides is 2. The molecule has 0 aliphatic heterocycles. The van der Waals surface area contributed by atoms with E-state index in [1.807, 2.05) is 54.9 Å². The van der Waals surface area contributed by atoms with Gasteiger partial charge in [0, 0.05) is 23.5 Å². The molecule has 3 rings (SSSR count). The van der Waals surface area contributed by atoms with Crippen LogP contribution in [0.2, 0.25) is 0 Å². The van der Waals surface area contributed by atoms with Gasteiger partial charge in [-0.1, -0.05) is 48.5 Å². The summed E-state index contributed by atoms with van der Waals surface area (Å²) in [6.45, 7) is 0. The van der Waals surface area contributed by atoms with Crippen LogP contribution in [0.25, 0.3) is 10.9 Å². The number of rotatable bonds is 12. The minimum absolute atomic E-state index is 0.144. The number of H-pyrrole nitrogens is 1. The monoisotopic (exact) mass is 482 g/mol. The van der Waals surface area contributed by atoms with Crippen molar-refractivity contribution in [1.82, 2.24) is 15.6 Å². The van der Waals surface area contributed by atoms with Crippen molar-refractivity contribution >= 4 is 40.4 Å². The Labute approximate surface area is 202 Å². The second-order valence-corrected chi connectivity index (χ2v) is 9.09. The number of hydrogen-bond acceptors (Lipinski definition) is 5. The summed E-state index contributed by atoms with van der Waals surface area (Å²) in [5.41, 5.74) is 8.84. The van der Waals surface area contributed by atoms with Crippen LogP contribution in [0.15, 0.2) is 60.8 Å². The maximum atomic E-state index is 13.0. The van der Waals surface area contributed by atoms with Crippen LogP contribution in [0.4, 0.5) is 0 Å². The topological polar surface area (TPSA) is 137 Å². The number of aromatic nitrogens is 1. The Bertz CT molecular complexity index is 1120. The van der Waals surface area contributed by atoms with Crippen molar-refractivity contribution in [2.75, 3.05) is 12.0 Å². The highest BCUT2D eigenvalue weighted by Gasteiger charge is 2.28. The fraction of sp³-hybridized carbons (Fsp3) is 0.320. The maximum absolute atomic E-state index is 13.0. The molecular weight excluding hydrogens is 452 g/mol. The van der Waals surface area contributed by atoms with Gasteiger partial charge in [0.05, 0.1) is 6.04 Å². The number of nitrogens with two attached hydrogens (primary N) is 1. The minimum atomic E-state index is -1.14. The van der Waals surface area contributed by atoms with E-state index in [0.29, 0.717) is 18.6 Å². The predicted octanol–water partition coefficient (Wildman–Crippen LogP) is 2.09. The van der Waals surface area contributed by atoms with Gasteiger partial charge in [0.1, 0.15) is 12.1 Å². The number of nitrogens with one attached hydrogen (secondary N) is 3. The Morgan fingerprint density at radius 2 is 1.65 bits per heavy atom. The van der Waals surface area contributed by atoms with Gasteiger partial charge >= 0.3 is 5.97 Å². The SMILES string of the molecule is CSCCC(NC(=O)C(N)Cc1c[nH]c2ccccc12)C(=O)NC(Cc1ccccc1)C(=O)O. The highest BCUT2D eigenvalue weighted by molar-refractivity contribution is 7.98. The molecule has 3 atom stereocenters. The lowest BCUT2D eigenvalue weighted by Crippen LogP contribution is -2.55. The van der Waals surface area contributed by atoms with Crippen LogP contribution in [0, 0.1) is 0 Å². The van der Waals surface area contributed by atoms with Crippen LogP contribution in [0.3, 0.4) is 0 Å². The van der Waals surface area contributed by atoms with Crippen molar-refractivity contribution in [2.24, 2.45) is 5.73 Å². The molecule has 0 spiro atoms. The zero-order valence-electron chi connectivity index (χ0n) is 19.0. The summed E-state index contributed by atoms with van der Waals surface area (Å²) in [6.07, 6.45) is 4.53. The van der Waals surface area contributed by atoms with Crippen LogP contribution in [0.5, 0.6) is 0 Å². The molecule has 2 amide bonds. The van der Waals surface area contributed by atoms with Gasteiger partial charge in [-0.15, -0.1) is 0 Å². The number of carbonyl (C=O) groups excluding carboxylic acids is 2. The number of carbonyl (C=O) groups is 3. The molecule has 2 aromatic carbocycles. The average Bonchev–Trinajstić information content (AvgIpc) is 3.24. The average molecular weight is 483 g/mol. The summed E-state index contributed by atoms with van der Waals surface area (Å²) in [6, 6.07) is 14.0. The quantitative estimate of drug-likeness (QED) is 0.268. The number of thioether (sulfide) groups is 1. The fourth-order valence-corrected chi connectivity index (χ4v) is 4.21. The second-order valence-electron chi connectivity index (χ2n) is 8.10. The molecule has 0 bridgehead atoms. The van der Waals surface area contributed by atoms with Crippen LogP contribution in [-0.2, 0) is 27.2 Å². The molecular formula is C25H30N4O4S. The third-order valence-corrected chi connectivity index (χ3v) is 6.24. The predicted molar refractivity (Wildman–Crippen MR) is 135 cm³/mol. The lowest BCUT2D eigenvalue weighted by Gasteiger charge is -2.23. The third-order valence-electron chi connectivity index (χ3n) is 5.59. The summed E-state index contributed by atoms with van der Waals surface area (Å²) in [4.78, 5) is 40.7. The van der Waals surface area contributed by atoms with Gasteiger partial charge in [-0.05, 0) is 42.0 Å². The molecule has 34 heavy (non-hydrogen) atoms. The summed E-state index contributed by atoms with van der Waals surface area (Å²) in [5, 5.41) is 15.9. The zero-order chi connectivity index (χ0) is 24.5. The summed E-state index contributed by atoms with van der Waals surface area (Å²) >= 11 is 1.53. The van der Waals surface area contributed by atoms with E-state index >= 15 is 0 Å². The molecule has 9 heteroatoms. The van der Waals surface area contributed by atoms with Gasteiger partial charge in [0.15, 0.2) is 0 Å². The van der Waals surface area contributed by atoms with Crippen LogP contribution < -0.4 is 16.4 Å². The van der Waals surface area contributed by atoms with Crippen molar-refractivity contribution < 1.29 is 19.5 Å². The van der Waals surface area contributed by atoms with E-state index < -0.39 is 35.9 Å². The van der Waals surface area contributed by atoms with E-state index in [4.69, 9.17) is 5.73 Å². The zero-order valence-corrected chi connectivity index (χ0v) is 19.8. The molecule has 180 valence electrons. The van der Waals surface area contributed by atoms with Crippen LogP contribution in [-0.4, -0.2) is 58.0 Å². The molecule has 0 radical (unpaired) electrons. The number of carboxylic acid groups (broad SMARTS) is 1. The Hall–Kier alpha value is -3.30. The van der Waals surface area contributed by atoms with E-state index in [9.17, 15) is 19.5 Å². The Morgan fingerprint density at radius 3 is 2.35 bits per heavy atom. The van der Waals surface area contributed by atoms with Crippen molar-refractivity contribution in [1.29, 1.82) is 0 Å². The van der Waals surface area contributed by atoms with Crippen LogP contribution in [0.1, 0.15) is 17.5 Å². The Kier molecular flexibility index (Phi) is 9.12. The molecule has 0 aliphatic carbocycles. The first-order valence-electron chi connectivity index (χ1n) is 11.1. The highest BCUT2D eigenvalue weighted by atomic mass is 32.2. The lowest BCUT2D eigenvalue weighted by atomic mass is 10.0. The summed E-state index contributed by atoms with van der Waals surface area (Å²) < 4.78 is 0. The molecule has 3 unspecified atom stereocenters. The molecule has 1 aromatic heterocycles. The van der Waals surface area contributed by atoms with Gasteiger partial charge in [0.2, 0.25) is 11.8 Å². The van der Waals surface area contributed by atoms with E-state index in [1.165, 1.54) is 11.8 Å².